The molecular weight excluding hydrogens is 354 g/mol. The van der Waals surface area contributed by atoms with E-state index in [1.807, 2.05) is 42.6 Å². The van der Waals surface area contributed by atoms with E-state index in [1.54, 1.807) is 14.2 Å². The van der Waals surface area contributed by atoms with Crippen LogP contribution in [-0.2, 0) is 16.5 Å². The van der Waals surface area contributed by atoms with Crippen molar-refractivity contribution in [2.45, 2.75) is 6.42 Å². The van der Waals surface area contributed by atoms with Crippen molar-refractivity contribution >= 4 is 20.9 Å². The second kappa shape index (κ2) is 8.64. The Hall–Kier alpha value is -2.64. The highest BCUT2D eigenvalue weighted by Gasteiger charge is 2.10. The van der Waals surface area contributed by atoms with Crippen LogP contribution in [0.3, 0.4) is 0 Å². The van der Waals surface area contributed by atoms with Crippen LogP contribution >= 0.6 is 0 Å². The molecule has 3 aromatic rings. The van der Waals surface area contributed by atoms with Gasteiger partial charge in [0.2, 0.25) is 0 Å². The van der Waals surface area contributed by atoms with Gasteiger partial charge in [-0.05, 0) is 29.1 Å². The lowest BCUT2D eigenvalue weighted by Crippen LogP contribution is -1.96. The van der Waals surface area contributed by atoms with E-state index in [0.717, 1.165) is 34.4 Å². The summed E-state index contributed by atoms with van der Waals surface area (Å²) < 4.78 is 36.6. The largest absolute Gasteiger partial charge is 0.493 e. The number of aromatic nitrogens is 1. The fourth-order valence-electron chi connectivity index (χ4n) is 2.49. The first-order valence-electron chi connectivity index (χ1n) is 7.78. The minimum atomic E-state index is -3.67. The number of fused-ring (bicyclic) bond motifs is 1. The van der Waals surface area contributed by atoms with Gasteiger partial charge in [0.05, 0.1) is 26.2 Å². The van der Waals surface area contributed by atoms with Crippen molar-refractivity contribution in [3.8, 4) is 11.5 Å². The Morgan fingerprint density at radius 3 is 2.15 bits per heavy atom. The number of nitrogens with zero attached hydrogens (tertiary/aromatic N) is 1. The highest BCUT2D eigenvalue weighted by molar-refractivity contribution is 7.85. The second-order valence-corrected chi connectivity index (χ2v) is 7.05. The summed E-state index contributed by atoms with van der Waals surface area (Å²) in [5.74, 6) is 1.47. The van der Waals surface area contributed by atoms with Crippen molar-refractivity contribution in [3.63, 3.8) is 0 Å². The molecule has 0 saturated heterocycles. The van der Waals surface area contributed by atoms with Crippen LogP contribution < -0.4 is 9.47 Å². The summed E-state index contributed by atoms with van der Waals surface area (Å²) in [6.45, 7) is 0. The number of pyridine rings is 1. The van der Waals surface area contributed by atoms with E-state index in [2.05, 4.69) is 17.1 Å². The number of rotatable bonds is 4. The Balaban J connectivity index is 0.000000431. The molecule has 0 saturated carbocycles. The summed E-state index contributed by atoms with van der Waals surface area (Å²) in [5.41, 5.74) is 2.28. The van der Waals surface area contributed by atoms with Crippen LogP contribution in [0.5, 0.6) is 11.5 Å². The maximum Gasteiger partial charge on any atom is 0.261 e. The van der Waals surface area contributed by atoms with Gasteiger partial charge in [-0.3, -0.25) is 9.54 Å². The molecule has 138 valence electrons. The topological polar surface area (TPSA) is 85.7 Å². The zero-order valence-corrected chi connectivity index (χ0v) is 15.7. The summed E-state index contributed by atoms with van der Waals surface area (Å²) in [6.07, 6.45) is 3.35. The molecule has 0 amide bonds. The predicted molar refractivity (Wildman–Crippen MR) is 102 cm³/mol. The maximum absolute atomic E-state index is 9.19. The number of methoxy groups -OCH3 is 2. The summed E-state index contributed by atoms with van der Waals surface area (Å²) >= 11 is 0. The summed E-state index contributed by atoms with van der Waals surface area (Å²) in [6, 6.07) is 16.3. The van der Waals surface area contributed by atoms with Crippen LogP contribution in [0.4, 0.5) is 0 Å². The Morgan fingerprint density at radius 1 is 1.00 bits per heavy atom. The molecule has 0 bridgehead atoms. The van der Waals surface area contributed by atoms with Gasteiger partial charge >= 0.3 is 0 Å². The third kappa shape index (κ3) is 5.72. The van der Waals surface area contributed by atoms with Crippen LogP contribution in [0.2, 0.25) is 0 Å². The van der Waals surface area contributed by atoms with Crippen molar-refractivity contribution in [1.29, 1.82) is 0 Å². The van der Waals surface area contributed by atoms with Gasteiger partial charge in [0, 0.05) is 18.0 Å². The molecule has 7 heteroatoms. The number of hydrogen-bond acceptors (Lipinski definition) is 5. The second-order valence-electron chi connectivity index (χ2n) is 5.58. The van der Waals surface area contributed by atoms with Crippen molar-refractivity contribution in [1.82, 2.24) is 4.98 Å². The minimum Gasteiger partial charge on any atom is -0.493 e. The van der Waals surface area contributed by atoms with Crippen molar-refractivity contribution in [2.24, 2.45) is 0 Å². The van der Waals surface area contributed by atoms with Gasteiger partial charge in [-0.25, -0.2) is 0 Å². The van der Waals surface area contributed by atoms with Gasteiger partial charge in [0.15, 0.2) is 11.5 Å². The van der Waals surface area contributed by atoms with Gasteiger partial charge in [-0.2, -0.15) is 8.42 Å². The van der Waals surface area contributed by atoms with Crippen LogP contribution in [0.25, 0.3) is 10.8 Å². The molecule has 0 unspecified atom stereocenters. The molecule has 0 fully saturated rings. The molecule has 1 heterocycles. The first-order valence-corrected chi connectivity index (χ1v) is 9.62. The van der Waals surface area contributed by atoms with E-state index >= 15 is 0 Å². The Morgan fingerprint density at radius 2 is 1.58 bits per heavy atom. The number of hydrogen-bond donors (Lipinski definition) is 1. The molecule has 0 spiro atoms. The molecule has 0 radical (unpaired) electrons. The molecule has 26 heavy (non-hydrogen) atoms. The molecular formula is C19H21NO5S. The average Bonchev–Trinajstić information content (AvgIpc) is 2.60. The van der Waals surface area contributed by atoms with E-state index in [1.165, 1.54) is 5.56 Å². The maximum atomic E-state index is 9.19. The molecule has 0 aliphatic heterocycles. The van der Waals surface area contributed by atoms with Gasteiger partial charge in [-0.1, -0.05) is 30.3 Å². The Kier molecular flexibility index (Phi) is 6.54. The van der Waals surface area contributed by atoms with Gasteiger partial charge in [0.25, 0.3) is 10.1 Å². The Labute approximate surface area is 153 Å². The van der Waals surface area contributed by atoms with Crippen LogP contribution in [0, 0.1) is 0 Å². The van der Waals surface area contributed by atoms with Gasteiger partial charge in [0.1, 0.15) is 0 Å². The van der Waals surface area contributed by atoms with E-state index in [-0.39, 0.29) is 0 Å². The fraction of sp³-hybridized carbons (Fsp3) is 0.211. The molecule has 0 aliphatic rings. The Bertz CT molecular complexity index is 964. The van der Waals surface area contributed by atoms with Crippen LogP contribution in [-0.4, -0.2) is 38.4 Å². The lowest BCUT2D eigenvalue weighted by atomic mass is 10.0. The van der Waals surface area contributed by atoms with Crippen molar-refractivity contribution < 1.29 is 22.4 Å². The molecule has 0 atom stereocenters. The number of ether oxygens (including phenoxy) is 2. The molecule has 1 aromatic heterocycles. The normalized spacial score (nSPS) is 10.8. The minimum absolute atomic E-state index is 0.715. The SMILES string of the molecule is COc1cc2ccnc(Cc3ccccc3)c2cc1OC.CS(=O)(=O)O. The zero-order chi connectivity index (χ0) is 19.2. The lowest BCUT2D eigenvalue weighted by Gasteiger charge is -2.11. The first-order chi connectivity index (χ1) is 12.3. The zero-order valence-electron chi connectivity index (χ0n) is 14.8. The van der Waals surface area contributed by atoms with E-state index < -0.39 is 10.1 Å². The molecule has 0 aliphatic carbocycles. The van der Waals surface area contributed by atoms with Gasteiger partial charge in [-0.15, -0.1) is 0 Å². The average molecular weight is 375 g/mol. The molecule has 6 nitrogen and oxygen atoms in total. The highest BCUT2D eigenvalue weighted by atomic mass is 32.2. The predicted octanol–water partition coefficient (Wildman–Crippen LogP) is 3.35. The van der Waals surface area contributed by atoms with E-state index in [4.69, 9.17) is 14.0 Å². The molecule has 2 aromatic carbocycles. The molecule has 1 N–H and O–H groups in total. The first kappa shape index (κ1) is 19.7. The van der Waals surface area contributed by atoms with Crippen LogP contribution in [0.1, 0.15) is 11.3 Å². The monoisotopic (exact) mass is 375 g/mol. The van der Waals surface area contributed by atoms with E-state index in [0.29, 0.717) is 6.26 Å². The van der Waals surface area contributed by atoms with Gasteiger partial charge < -0.3 is 9.47 Å². The highest BCUT2D eigenvalue weighted by Crippen LogP contribution is 2.33. The summed E-state index contributed by atoms with van der Waals surface area (Å²) in [4.78, 5) is 4.54. The summed E-state index contributed by atoms with van der Waals surface area (Å²) in [7, 11) is -0.368. The lowest BCUT2D eigenvalue weighted by molar-refractivity contribution is 0.356. The fourth-order valence-corrected chi connectivity index (χ4v) is 2.49. The number of benzene rings is 2. The molecule has 3 rings (SSSR count). The van der Waals surface area contributed by atoms with Crippen LogP contribution in [0.15, 0.2) is 54.7 Å². The smallest absolute Gasteiger partial charge is 0.261 e. The van der Waals surface area contributed by atoms with Crippen molar-refractivity contribution in [3.05, 3.63) is 66.0 Å². The quantitative estimate of drug-likeness (QED) is 0.704. The standard InChI is InChI=1S/C18H17NO2.CH4O3S/c1-20-17-11-14-8-9-19-16(15(14)12-18(17)21-2)10-13-6-4-3-5-7-13;1-5(2,3)4/h3-9,11-12H,10H2,1-2H3;1H3,(H,2,3,4). The van der Waals surface area contributed by atoms with Crippen molar-refractivity contribution in [2.75, 3.05) is 20.5 Å². The third-order valence-electron chi connectivity index (χ3n) is 3.57. The van der Waals surface area contributed by atoms with E-state index in [9.17, 15) is 8.42 Å². The third-order valence-corrected chi connectivity index (χ3v) is 3.57. The summed E-state index contributed by atoms with van der Waals surface area (Å²) in [5, 5.41) is 2.20.